The third-order valence-electron chi connectivity index (χ3n) is 3.63. The largest absolute Gasteiger partial charge is 0.306 e. The van der Waals surface area contributed by atoms with Crippen molar-refractivity contribution in [3.8, 4) is 5.95 Å². The molecule has 1 N–H and O–H groups in total. The number of nitrogens with one attached hydrogen (secondary N) is 1. The fourth-order valence-electron chi connectivity index (χ4n) is 2.24. The number of rotatable bonds is 3. The minimum atomic E-state index is -0.492. The van der Waals surface area contributed by atoms with E-state index in [1.54, 1.807) is 24.5 Å². The van der Waals surface area contributed by atoms with Crippen LogP contribution in [0.5, 0.6) is 0 Å². The van der Waals surface area contributed by atoms with Crippen LogP contribution in [0.2, 0.25) is 0 Å². The Hall–Kier alpha value is -2.61. The minimum Gasteiger partial charge on any atom is -0.306 e. The summed E-state index contributed by atoms with van der Waals surface area (Å²) in [6, 6.07) is 7.40. The van der Waals surface area contributed by atoms with Crippen LogP contribution < -0.4 is 5.32 Å². The fourth-order valence-corrected chi connectivity index (χ4v) is 2.67. The first-order chi connectivity index (χ1) is 12.3. The summed E-state index contributed by atoms with van der Waals surface area (Å²) in [5.74, 6) is -0.221. The summed E-state index contributed by atoms with van der Waals surface area (Å²) in [6.07, 6.45) is 3.19. The van der Waals surface area contributed by atoms with Crippen molar-refractivity contribution in [3.63, 3.8) is 0 Å². The maximum atomic E-state index is 13.5. The van der Waals surface area contributed by atoms with Gasteiger partial charge in [-0.1, -0.05) is 20.8 Å². The second-order valence-corrected chi connectivity index (χ2v) is 7.56. The van der Waals surface area contributed by atoms with Gasteiger partial charge in [0.15, 0.2) is 0 Å². The number of aromatic nitrogens is 4. The van der Waals surface area contributed by atoms with E-state index < -0.39 is 11.7 Å². The molecule has 3 rings (SSSR count). The molecule has 2 aromatic heterocycles. The fraction of sp³-hybridized carbons (Fsp3) is 0.222. The quantitative estimate of drug-likeness (QED) is 0.695. The molecule has 0 fully saturated rings. The van der Waals surface area contributed by atoms with E-state index in [1.165, 1.54) is 22.9 Å². The van der Waals surface area contributed by atoms with Gasteiger partial charge in [-0.2, -0.15) is 9.78 Å². The van der Waals surface area contributed by atoms with E-state index in [0.29, 0.717) is 16.2 Å². The summed E-state index contributed by atoms with van der Waals surface area (Å²) in [4.78, 5) is 21.0. The molecule has 3 aromatic rings. The van der Waals surface area contributed by atoms with Crippen molar-refractivity contribution in [2.75, 3.05) is 5.32 Å². The molecular weight excluding hydrogens is 401 g/mol. The molecule has 1 aromatic carbocycles. The molecule has 0 aliphatic carbocycles. The van der Waals surface area contributed by atoms with E-state index in [4.69, 9.17) is 0 Å². The van der Waals surface area contributed by atoms with Gasteiger partial charge < -0.3 is 5.32 Å². The monoisotopic (exact) mass is 417 g/mol. The van der Waals surface area contributed by atoms with Gasteiger partial charge in [0.1, 0.15) is 11.6 Å². The Morgan fingerprint density at radius 3 is 2.54 bits per heavy atom. The number of halogens is 2. The third-order valence-corrected chi connectivity index (χ3v) is 4.33. The van der Waals surface area contributed by atoms with Gasteiger partial charge in [0.25, 0.3) is 11.9 Å². The second kappa shape index (κ2) is 6.95. The lowest BCUT2D eigenvalue weighted by atomic mass is 9.92. The molecule has 1 amide bonds. The first kappa shape index (κ1) is 18.2. The van der Waals surface area contributed by atoms with Crippen LogP contribution >= 0.6 is 15.9 Å². The summed E-state index contributed by atoms with van der Waals surface area (Å²) >= 11 is 3.27. The highest BCUT2D eigenvalue weighted by Gasteiger charge is 2.23. The van der Waals surface area contributed by atoms with E-state index >= 15 is 0 Å². The van der Waals surface area contributed by atoms with E-state index in [9.17, 15) is 9.18 Å². The molecule has 8 heteroatoms. The van der Waals surface area contributed by atoms with Crippen LogP contribution in [0.1, 0.15) is 36.8 Å². The number of benzene rings is 1. The van der Waals surface area contributed by atoms with Crippen molar-refractivity contribution < 1.29 is 9.18 Å². The molecular formula is C18H17BrFN5O. The standard InChI is InChI=1S/C18H17BrFN5O/c1-18(2,3)14-10-15(25(24-14)17-21-7-4-8-22-17)23-16(26)12-9-11(20)5-6-13(12)19/h4-10H,1-3H3,(H,23,26). The van der Waals surface area contributed by atoms with Gasteiger partial charge in [-0.05, 0) is 40.2 Å². The van der Waals surface area contributed by atoms with Gasteiger partial charge >= 0.3 is 0 Å². The average Bonchev–Trinajstić information content (AvgIpc) is 3.02. The smallest absolute Gasteiger partial charge is 0.258 e. The molecule has 2 heterocycles. The molecule has 0 aliphatic rings. The highest BCUT2D eigenvalue weighted by Crippen LogP contribution is 2.26. The maximum absolute atomic E-state index is 13.5. The van der Waals surface area contributed by atoms with Crippen LogP contribution in [-0.2, 0) is 5.41 Å². The highest BCUT2D eigenvalue weighted by molar-refractivity contribution is 9.10. The van der Waals surface area contributed by atoms with Gasteiger partial charge in [0.2, 0.25) is 0 Å². The number of hydrogen-bond acceptors (Lipinski definition) is 4. The molecule has 134 valence electrons. The van der Waals surface area contributed by atoms with Crippen molar-refractivity contribution in [2.45, 2.75) is 26.2 Å². The second-order valence-electron chi connectivity index (χ2n) is 6.70. The van der Waals surface area contributed by atoms with E-state index in [0.717, 1.165) is 5.69 Å². The summed E-state index contributed by atoms with van der Waals surface area (Å²) in [7, 11) is 0. The maximum Gasteiger partial charge on any atom is 0.258 e. The van der Waals surface area contributed by atoms with E-state index in [1.807, 2.05) is 20.8 Å². The van der Waals surface area contributed by atoms with Gasteiger partial charge in [-0.25, -0.2) is 14.4 Å². The molecule has 26 heavy (non-hydrogen) atoms. The molecule has 0 radical (unpaired) electrons. The molecule has 0 aliphatic heterocycles. The van der Waals surface area contributed by atoms with Gasteiger partial charge in [0, 0.05) is 28.3 Å². The van der Waals surface area contributed by atoms with Crippen molar-refractivity contribution in [2.24, 2.45) is 0 Å². The van der Waals surface area contributed by atoms with Crippen LogP contribution in [-0.4, -0.2) is 25.7 Å². The number of hydrogen-bond donors (Lipinski definition) is 1. The van der Waals surface area contributed by atoms with Crippen LogP contribution in [0.3, 0.4) is 0 Å². The summed E-state index contributed by atoms with van der Waals surface area (Å²) in [5.41, 5.74) is 0.710. The van der Waals surface area contributed by atoms with Crippen molar-refractivity contribution >= 4 is 27.7 Å². The molecule has 0 atom stereocenters. The van der Waals surface area contributed by atoms with E-state index in [-0.39, 0.29) is 11.0 Å². The van der Waals surface area contributed by atoms with Crippen LogP contribution in [0.25, 0.3) is 5.95 Å². The third kappa shape index (κ3) is 3.80. The SMILES string of the molecule is CC(C)(C)c1cc(NC(=O)c2cc(F)ccc2Br)n(-c2ncccn2)n1. The van der Waals surface area contributed by atoms with Crippen molar-refractivity contribution in [1.82, 2.24) is 19.7 Å². The predicted molar refractivity (Wildman–Crippen MR) is 99.9 cm³/mol. The lowest BCUT2D eigenvalue weighted by Gasteiger charge is -2.13. The van der Waals surface area contributed by atoms with Crippen molar-refractivity contribution in [3.05, 3.63) is 64.3 Å². The summed E-state index contributed by atoms with van der Waals surface area (Å²) < 4.78 is 15.5. The molecule has 0 saturated heterocycles. The normalized spacial score (nSPS) is 11.4. The van der Waals surface area contributed by atoms with E-state index in [2.05, 4.69) is 36.3 Å². The Kier molecular flexibility index (Phi) is 4.86. The van der Waals surface area contributed by atoms with Crippen LogP contribution in [0, 0.1) is 5.82 Å². The molecule has 0 unspecified atom stereocenters. The minimum absolute atomic E-state index is 0.184. The lowest BCUT2D eigenvalue weighted by Crippen LogP contribution is -2.17. The first-order valence-electron chi connectivity index (χ1n) is 7.90. The zero-order chi connectivity index (χ0) is 18.9. The topological polar surface area (TPSA) is 72.7 Å². The summed E-state index contributed by atoms with van der Waals surface area (Å²) in [5, 5.41) is 7.30. The summed E-state index contributed by atoms with van der Waals surface area (Å²) in [6.45, 7) is 6.04. The Morgan fingerprint density at radius 1 is 1.19 bits per heavy atom. The number of anilines is 1. The zero-order valence-corrected chi connectivity index (χ0v) is 16.1. The number of carbonyl (C=O) groups is 1. The zero-order valence-electron chi connectivity index (χ0n) is 14.5. The lowest BCUT2D eigenvalue weighted by molar-refractivity contribution is 0.102. The van der Waals surface area contributed by atoms with Crippen LogP contribution in [0.4, 0.5) is 10.2 Å². The number of carbonyl (C=O) groups excluding carboxylic acids is 1. The highest BCUT2D eigenvalue weighted by atomic mass is 79.9. The molecule has 0 saturated carbocycles. The van der Waals surface area contributed by atoms with Gasteiger partial charge in [0.05, 0.1) is 11.3 Å². The molecule has 0 spiro atoms. The Morgan fingerprint density at radius 2 is 1.88 bits per heavy atom. The molecule has 0 bridgehead atoms. The number of amides is 1. The predicted octanol–water partition coefficient (Wildman–Crippen LogP) is 4.11. The first-order valence-corrected chi connectivity index (χ1v) is 8.69. The average molecular weight is 418 g/mol. The van der Waals surface area contributed by atoms with Crippen molar-refractivity contribution in [1.29, 1.82) is 0 Å². The molecule has 6 nitrogen and oxygen atoms in total. The van der Waals surface area contributed by atoms with Gasteiger partial charge in [-0.3, -0.25) is 4.79 Å². The number of nitrogens with zero attached hydrogens (tertiary/aromatic N) is 4. The Bertz CT molecular complexity index is 950. The Balaban J connectivity index is 2.02. The van der Waals surface area contributed by atoms with Crippen LogP contribution in [0.15, 0.2) is 47.2 Å². The Labute approximate surface area is 158 Å². The van der Waals surface area contributed by atoms with Gasteiger partial charge in [-0.15, -0.1) is 0 Å².